The van der Waals surface area contributed by atoms with E-state index in [-0.39, 0.29) is 5.91 Å². The summed E-state index contributed by atoms with van der Waals surface area (Å²) in [7, 11) is 0. The molecule has 0 bridgehead atoms. The van der Waals surface area contributed by atoms with E-state index in [1.165, 1.54) is 0 Å². The van der Waals surface area contributed by atoms with E-state index in [1.807, 2.05) is 53.4 Å². The highest BCUT2D eigenvalue weighted by Crippen LogP contribution is 2.42. The fourth-order valence-corrected chi connectivity index (χ4v) is 3.43. The van der Waals surface area contributed by atoms with Gasteiger partial charge in [-0.3, -0.25) is 4.79 Å². The first-order chi connectivity index (χ1) is 12.3. The van der Waals surface area contributed by atoms with Gasteiger partial charge < -0.3 is 19.3 Å². The van der Waals surface area contributed by atoms with Crippen LogP contribution in [0.3, 0.4) is 0 Å². The first-order valence-electron chi connectivity index (χ1n) is 8.82. The topological polar surface area (TPSA) is 42.0 Å². The van der Waals surface area contributed by atoms with Gasteiger partial charge in [0.15, 0.2) is 0 Å². The van der Waals surface area contributed by atoms with Crippen LogP contribution in [0.2, 0.25) is 0 Å². The number of anilines is 2. The lowest BCUT2D eigenvalue weighted by atomic mass is 10.1. The van der Waals surface area contributed by atoms with E-state index in [0.717, 1.165) is 42.5 Å². The second-order valence-electron chi connectivity index (χ2n) is 6.27. The van der Waals surface area contributed by atoms with E-state index in [2.05, 4.69) is 4.90 Å². The molecule has 0 aliphatic carbocycles. The molecular weight excluding hydrogens is 316 g/mol. The molecule has 5 nitrogen and oxygen atoms in total. The van der Waals surface area contributed by atoms with Crippen molar-refractivity contribution in [2.24, 2.45) is 0 Å². The Kier molecular flexibility index (Phi) is 4.46. The third-order valence-electron chi connectivity index (χ3n) is 4.64. The molecule has 2 aliphatic rings. The first-order valence-corrected chi connectivity index (χ1v) is 8.82. The highest BCUT2D eigenvalue weighted by Gasteiger charge is 2.31. The molecule has 5 heteroatoms. The average molecular weight is 338 g/mol. The molecule has 2 aliphatic heterocycles. The standard InChI is InChI=1S/C20H22N2O3/c23-19(10-5-14-24-16-6-2-1-3-7-16)22-12-11-21-13-15-25-18-9-4-8-17(22)20(18)21/h1-4,6-9H,5,10-15H2. The van der Waals surface area contributed by atoms with Gasteiger partial charge in [-0.15, -0.1) is 0 Å². The molecule has 0 N–H and O–H groups in total. The van der Waals surface area contributed by atoms with Gasteiger partial charge in [0, 0.05) is 19.5 Å². The van der Waals surface area contributed by atoms with Gasteiger partial charge in [0.05, 0.1) is 18.8 Å². The fraction of sp³-hybridized carbons (Fsp3) is 0.350. The Morgan fingerprint density at radius 2 is 1.92 bits per heavy atom. The number of amides is 1. The van der Waals surface area contributed by atoms with E-state index in [1.54, 1.807) is 0 Å². The summed E-state index contributed by atoms with van der Waals surface area (Å²) in [5.41, 5.74) is 2.03. The molecule has 0 radical (unpaired) electrons. The van der Waals surface area contributed by atoms with Crippen molar-refractivity contribution < 1.29 is 14.3 Å². The highest BCUT2D eigenvalue weighted by atomic mass is 16.5. The Bertz CT molecular complexity index is 748. The molecule has 130 valence electrons. The van der Waals surface area contributed by atoms with Crippen molar-refractivity contribution in [2.45, 2.75) is 12.8 Å². The maximum atomic E-state index is 12.7. The number of nitrogens with zero attached hydrogens (tertiary/aromatic N) is 2. The number of carbonyl (C=O) groups is 1. The van der Waals surface area contributed by atoms with Gasteiger partial charge in [0.25, 0.3) is 0 Å². The van der Waals surface area contributed by atoms with Crippen molar-refractivity contribution in [3.8, 4) is 11.5 Å². The summed E-state index contributed by atoms with van der Waals surface area (Å²) in [6.45, 7) is 3.73. The molecule has 0 saturated heterocycles. The quantitative estimate of drug-likeness (QED) is 0.786. The molecule has 0 saturated carbocycles. The predicted octanol–water partition coefficient (Wildman–Crippen LogP) is 3.09. The van der Waals surface area contributed by atoms with Crippen LogP contribution in [0.1, 0.15) is 12.8 Å². The van der Waals surface area contributed by atoms with Gasteiger partial charge >= 0.3 is 0 Å². The molecule has 0 aromatic heterocycles. The number of carbonyl (C=O) groups excluding carboxylic acids is 1. The van der Waals surface area contributed by atoms with Gasteiger partial charge in [-0.25, -0.2) is 0 Å². The van der Waals surface area contributed by atoms with Gasteiger partial charge in [0.1, 0.15) is 23.8 Å². The summed E-state index contributed by atoms with van der Waals surface area (Å²) in [4.78, 5) is 16.9. The van der Waals surface area contributed by atoms with Crippen LogP contribution in [-0.2, 0) is 4.79 Å². The maximum absolute atomic E-state index is 12.7. The SMILES string of the molecule is O=C(CCCOc1ccccc1)N1CCN2CCOc3cccc1c32. The smallest absolute Gasteiger partial charge is 0.227 e. The largest absolute Gasteiger partial charge is 0.494 e. The van der Waals surface area contributed by atoms with Crippen LogP contribution in [0.5, 0.6) is 11.5 Å². The molecule has 0 spiro atoms. The van der Waals surface area contributed by atoms with Crippen LogP contribution >= 0.6 is 0 Å². The minimum Gasteiger partial charge on any atom is -0.494 e. The number of hydrogen-bond donors (Lipinski definition) is 0. The number of para-hydroxylation sites is 2. The van der Waals surface area contributed by atoms with Crippen LogP contribution < -0.4 is 19.3 Å². The Morgan fingerprint density at radius 1 is 1.04 bits per heavy atom. The zero-order valence-corrected chi connectivity index (χ0v) is 14.2. The normalized spacial score (nSPS) is 15.4. The molecule has 1 amide bonds. The lowest BCUT2D eigenvalue weighted by Crippen LogP contribution is -2.47. The second kappa shape index (κ2) is 7.05. The highest BCUT2D eigenvalue weighted by molar-refractivity contribution is 5.99. The van der Waals surface area contributed by atoms with Crippen molar-refractivity contribution in [2.75, 3.05) is 42.6 Å². The van der Waals surface area contributed by atoms with Crippen molar-refractivity contribution >= 4 is 17.3 Å². The van der Waals surface area contributed by atoms with E-state index >= 15 is 0 Å². The molecule has 25 heavy (non-hydrogen) atoms. The minimum absolute atomic E-state index is 0.148. The van der Waals surface area contributed by atoms with Gasteiger partial charge in [0.2, 0.25) is 5.91 Å². The van der Waals surface area contributed by atoms with Gasteiger partial charge in [-0.05, 0) is 30.7 Å². The van der Waals surface area contributed by atoms with Gasteiger partial charge in [-0.1, -0.05) is 24.3 Å². The Morgan fingerprint density at radius 3 is 2.80 bits per heavy atom. The summed E-state index contributed by atoms with van der Waals surface area (Å²) < 4.78 is 11.4. The van der Waals surface area contributed by atoms with Crippen molar-refractivity contribution in [3.05, 3.63) is 48.5 Å². The molecule has 0 atom stereocenters. The van der Waals surface area contributed by atoms with E-state index in [0.29, 0.717) is 26.1 Å². The molecule has 4 rings (SSSR count). The number of rotatable bonds is 5. The first kappa shape index (κ1) is 15.8. The zero-order valence-electron chi connectivity index (χ0n) is 14.2. The fourth-order valence-electron chi connectivity index (χ4n) is 3.43. The van der Waals surface area contributed by atoms with Crippen LogP contribution in [0, 0.1) is 0 Å². The van der Waals surface area contributed by atoms with Crippen LogP contribution in [0.4, 0.5) is 11.4 Å². The molecule has 0 unspecified atom stereocenters. The van der Waals surface area contributed by atoms with Crippen LogP contribution in [0.25, 0.3) is 0 Å². The van der Waals surface area contributed by atoms with Crippen LogP contribution in [0.15, 0.2) is 48.5 Å². The average Bonchev–Trinajstić information content (AvgIpc) is 2.67. The summed E-state index contributed by atoms with van der Waals surface area (Å²) in [6.07, 6.45) is 1.19. The Hall–Kier alpha value is -2.69. The summed E-state index contributed by atoms with van der Waals surface area (Å²) >= 11 is 0. The molecule has 2 aromatic rings. The third kappa shape index (κ3) is 3.27. The van der Waals surface area contributed by atoms with Gasteiger partial charge in [-0.2, -0.15) is 0 Å². The number of ether oxygens (including phenoxy) is 2. The number of hydrogen-bond acceptors (Lipinski definition) is 4. The van der Waals surface area contributed by atoms with Crippen molar-refractivity contribution in [1.82, 2.24) is 0 Å². The molecule has 0 fully saturated rings. The van der Waals surface area contributed by atoms with Crippen molar-refractivity contribution in [1.29, 1.82) is 0 Å². The minimum atomic E-state index is 0.148. The van der Waals surface area contributed by atoms with E-state index in [4.69, 9.17) is 9.47 Å². The number of benzene rings is 2. The second-order valence-corrected chi connectivity index (χ2v) is 6.27. The molecule has 2 aromatic carbocycles. The van der Waals surface area contributed by atoms with Crippen LogP contribution in [-0.4, -0.2) is 38.8 Å². The lowest BCUT2D eigenvalue weighted by Gasteiger charge is -2.41. The zero-order chi connectivity index (χ0) is 17.1. The molecule has 2 heterocycles. The molecular formula is C20H22N2O3. The maximum Gasteiger partial charge on any atom is 0.227 e. The predicted molar refractivity (Wildman–Crippen MR) is 97.7 cm³/mol. The summed E-state index contributed by atoms with van der Waals surface area (Å²) in [5.74, 6) is 1.88. The summed E-state index contributed by atoms with van der Waals surface area (Å²) in [5, 5.41) is 0. The summed E-state index contributed by atoms with van der Waals surface area (Å²) in [6, 6.07) is 15.7. The Balaban J connectivity index is 1.38. The third-order valence-corrected chi connectivity index (χ3v) is 4.64. The van der Waals surface area contributed by atoms with E-state index in [9.17, 15) is 4.79 Å². The van der Waals surface area contributed by atoms with E-state index < -0.39 is 0 Å². The Labute approximate surface area is 147 Å². The van der Waals surface area contributed by atoms with Crippen molar-refractivity contribution in [3.63, 3.8) is 0 Å². The monoisotopic (exact) mass is 338 g/mol. The lowest BCUT2D eigenvalue weighted by molar-refractivity contribution is -0.118.